The average molecular weight is 240 g/mol. The van der Waals surface area contributed by atoms with Crippen LogP contribution < -0.4 is 10.6 Å². The first-order valence-electron chi connectivity index (χ1n) is 5.83. The molecule has 0 unspecified atom stereocenters. The van der Waals surface area contributed by atoms with Crippen LogP contribution in [0.1, 0.15) is 18.4 Å². The molecule has 1 aromatic carbocycles. The van der Waals surface area contributed by atoms with Gasteiger partial charge in [-0.2, -0.15) is 0 Å². The quantitative estimate of drug-likeness (QED) is 0.875. The molecule has 0 spiro atoms. The van der Waals surface area contributed by atoms with Gasteiger partial charge in [0, 0.05) is 14.1 Å². The van der Waals surface area contributed by atoms with Crippen LogP contribution in [0, 0.1) is 17.0 Å². The van der Waals surface area contributed by atoms with Crippen molar-refractivity contribution in [1.82, 2.24) is 0 Å². The monoisotopic (exact) mass is 240 g/mol. The lowest BCUT2D eigenvalue weighted by molar-refractivity contribution is 0.495. The van der Waals surface area contributed by atoms with Gasteiger partial charge in [-0.15, -0.1) is 0 Å². The molecule has 0 amide bonds. The molecule has 2 N–H and O–H groups in total. The summed E-state index contributed by atoms with van der Waals surface area (Å²) < 4.78 is 27.0. The summed E-state index contributed by atoms with van der Waals surface area (Å²) in [6, 6.07) is 2.87. The lowest BCUT2D eigenvalue weighted by Gasteiger charge is -2.21. The van der Waals surface area contributed by atoms with E-state index in [1.807, 2.05) is 0 Å². The number of anilines is 1. The van der Waals surface area contributed by atoms with Crippen LogP contribution in [0.4, 0.5) is 14.5 Å². The predicted octanol–water partition coefficient (Wildman–Crippen LogP) is 2.31. The highest BCUT2D eigenvalue weighted by Gasteiger charge is 2.41. The Hall–Kier alpha value is -1.16. The molecule has 0 radical (unpaired) electrons. The van der Waals surface area contributed by atoms with E-state index < -0.39 is 11.6 Å². The first kappa shape index (κ1) is 12.3. The van der Waals surface area contributed by atoms with Gasteiger partial charge in [-0.25, -0.2) is 8.78 Å². The van der Waals surface area contributed by atoms with Gasteiger partial charge in [0.05, 0.1) is 5.69 Å². The number of halogens is 2. The molecule has 1 saturated carbocycles. The second kappa shape index (κ2) is 4.26. The zero-order chi connectivity index (χ0) is 12.6. The summed E-state index contributed by atoms with van der Waals surface area (Å²) in [4.78, 5) is 1.63. The van der Waals surface area contributed by atoms with Gasteiger partial charge < -0.3 is 10.6 Å². The van der Waals surface area contributed by atoms with Crippen molar-refractivity contribution in [3.8, 4) is 0 Å². The molecule has 1 aromatic rings. The van der Waals surface area contributed by atoms with Gasteiger partial charge in [-0.05, 0) is 42.9 Å². The third-order valence-corrected chi connectivity index (χ3v) is 3.56. The summed E-state index contributed by atoms with van der Waals surface area (Å²) in [5.74, 6) is -1.56. The maximum absolute atomic E-state index is 13.8. The van der Waals surface area contributed by atoms with E-state index in [-0.39, 0.29) is 5.41 Å². The van der Waals surface area contributed by atoms with Crippen LogP contribution >= 0.6 is 0 Å². The first-order valence-corrected chi connectivity index (χ1v) is 5.83. The zero-order valence-corrected chi connectivity index (χ0v) is 10.3. The Kier molecular flexibility index (Phi) is 3.08. The molecule has 0 bridgehead atoms. The van der Waals surface area contributed by atoms with E-state index in [0.717, 1.165) is 24.8 Å². The largest absolute Gasteiger partial charge is 0.375 e. The Morgan fingerprint density at radius 1 is 1.29 bits per heavy atom. The number of hydrogen-bond acceptors (Lipinski definition) is 2. The summed E-state index contributed by atoms with van der Waals surface area (Å²) in [6.45, 7) is 0.610. The average Bonchev–Trinajstić information content (AvgIpc) is 3.04. The van der Waals surface area contributed by atoms with Crippen LogP contribution in [-0.2, 0) is 6.42 Å². The Morgan fingerprint density at radius 2 is 1.94 bits per heavy atom. The minimum Gasteiger partial charge on any atom is -0.375 e. The summed E-state index contributed by atoms with van der Waals surface area (Å²) >= 11 is 0. The second-order valence-electron chi connectivity index (χ2n) is 5.14. The molecule has 17 heavy (non-hydrogen) atoms. The number of nitrogens with zero attached hydrogens (tertiary/aromatic N) is 1. The summed E-state index contributed by atoms with van der Waals surface area (Å²) in [5, 5.41) is 0. The summed E-state index contributed by atoms with van der Waals surface area (Å²) in [6.07, 6.45) is 2.89. The van der Waals surface area contributed by atoms with Crippen molar-refractivity contribution < 1.29 is 8.78 Å². The molecule has 1 aliphatic rings. The molecule has 0 heterocycles. The van der Waals surface area contributed by atoms with Crippen molar-refractivity contribution in [2.75, 3.05) is 25.5 Å². The highest BCUT2D eigenvalue weighted by atomic mass is 19.2. The van der Waals surface area contributed by atoms with Crippen LogP contribution in [0.5, 0.6) is 0 Å². The molecule has 2 rings (SSSR count). The highest BCUT2D eigenvalue weighted by Crippen LogP contribution is 2.48. The second-order valence-corrected chi connectivity index (χ2v) is 5.14. The molecule has 0 atom stereocenters. The molecular weight excluding hydrogens is 222 g/mol. The minimum atomic E-state index is -0.796. The molecule has 94 valence electrons. The van der Waals surface area contributed by atoms with Crippen LogP contribution in [0.25, 0.3) is 0 Å². The van der Waals surface area contributed by atoms with Gasteiger partial charge in [0.25, 0.3) is 0 Å². The van der Waals surface area contributed by atoms with Crippen LogP contribution in [0.3, 0.4) is 0 Å². The maximum atomic E-state index is 13.8. The number of nitrogens with two attached hydrogens (primary N) is 1. The minimum absolute atomic E-state index is 0.120. The first-order chi connectivity index (χ1) is 7.99. The normalized spacial score (nSPS) is 17.0. The Morgan fingerprint density at radius 3 is 2.41 bits per heavy atom. The van der Waals surface area contributed by atoms with Crippen LogP contribution in [0.2, 0.25) is 0 Å². The lowest BCUT2D eigenvalue weighted by Crippen LogP contribution is -2.21. The van der Waals surface area contributed by atoms with Crippen LogP contribution in [0.15, 0.2) is 12.1 Å². The van der Waals surface area contributed by atoms with Crippen molar-refractivity contribution >= 4 is 5.69 Å². The van der Waals surface area contributed by atoms with Crippen molar-refractivity contribution in [2.24, 2.45) is 11.1 Å². The van der Waals surface area contributed by atoms with E-state index in [0.29, 0.717) is 12.2 Å². The highest BCUT2D eigenvalue weighted by molar-refractivity contribution is 5.54. The zero-order valence-electron chi connectivity index (χ0n) is 10.3. The Balaban J connectivity index is 2.36. The van der Waals surface area contributed by atoms with Crippen LogP contribution in [-0.4, -0.2) is 20.6 Å². The van der Waals surface area contributed by atoms with E-state index >= 15 is 0 Å². The van der Waals surface area contributed by atoms with Crippen molar-refractivity contribution in [3.05, 3.63) is 29.3 Å². The molecule has 1 aliphatic carbocycles. The number of rotatable bonds is 4. The van der Waals surface area contributed by atoms with E-state index in [4.69, 9.17) is 5.73 Å². The topological polar surface area (TPSA) is 29.3 Å². The third kappa shape index (κ3) is 2.27. The molecule has 0 saturated heterocycles. The molecule has 4 heteroatoms. The van der Waals surface area contributed by atoms with Crippen molar-refractivity contribution in [3.63, 3.8) is 0 Å². The van der Waals surface area contributed by atoms with Crippen molar-refractivity contribution in [2.45, 2.75) is 19.3 Å². The van der Waals surface area contributed by atoms with E-state index in [1.165, 1.54) is 6.07 Å². The third-order valence-electron chi connectivity index (χ3n) is 3.56. The van der Waals surface area contributed by atoms with Crippen molar-refractivity contribution in [1.29, 1.82) is 0 Å². The molecular formula is C13H18F2N2. The Labute approximate surface area is 100 Å². The van der Waals surface area contributed by atoms with Gasteiger partial charge in [-0.3, -0.25) is 0 Å². The fourth-order valence-corrected chi connectivity index (χ4v) is 2.24. The SMILES string of the molecule is CN(C)c1c(CC2(CN)CC2)ccc(F)c1F. The maximum Gasteiger partial charge on any atom is 0.182 e. The van der Waals surface area contributed by atoms with Gasteiger partial charge >= 0.3 is 0 Å². The van der Waals surface area contributed by atoms with Gasteiger partial charge in [0.1, 0.15) is 0 Å². The molecule has 0 aliphatic heterocycles. The number of benzene rings is 1. The molecule has 0 aromatic heterocycles. The van der Waals surface area contributed by atoms with Gasteiger partial charge in [-0.1, -0.05) is 6.07 Å². The number of hydrogen-bond donors (Lipinski definition) is 1. The summed E-state index contributed by atoms with van der Waals surface area (Å²) in [5.41, 5.74) is 7.05. The lowest BCUT2D eigenvalue weighted by atomic mass is 9.95. The fraction of sp³-hybridized carbons (Fsp3) is 0.538. The molecule has 2 nitrogen and oxygen atoms in total. The van der Waals surface area contributed by atoms with Gasteiger partial charge in [0.15, 0.2) is 11.6 Å². The van der Waals surface area contributed by atoms with E-state index in [2.05, 4.69) is 0 Å². The standard InChI is InChI=1S/C13H18F2N2/c1-17(2)12-9(3-4-10(14)11(12)15)7-13(8-16)5-6-13/h3-4H,5-8,16H2,1-2H3. The smallest absolute Gasteiger partial charge is 0.182 e. The van der Waals surface area contributed by atoms with E-state index in [1.54, 1.807) is 25.1 Å². The fourth-order valence-electron chi connectivity index (χ4n) is 2.24. The van der Waals surface area contributed by atoms with Gasteiger partial charge in [0.2, 0.25) is 0 Å². The Bertz CT molecular complexity index is 426. The van der Waals surface area contributed by atoms with E-state index in [9.17, 15) is 8.78 Å². The summed E-state index contributed by atoms with van der Waals surface area (Å²) in [7, 11) is 3.45. The predicted molar refractivity (Wildman–Crippen MR) is 65.1 cm³/mol. The molecule has 1 fully saturated rings.